The quantitative estimate of drug-likeness (QED) is 0.668. The van der Waals surface area contributed by atoms with Crippen LogP contribution in [0.25, 0.3) is 5.52 Å². The molecule has 2 aromatic heterocycles. The Morgan fingerprint density at radius 2 is 1.77 bits per heavy atom. The Kier molecular flexibility index (Phi) is 4.61. The molecule has 3 atom stereocenters. The second kappa shape index (κ2) is 7.31. The molecule has 5 heteroatoms. The van der Waals surface area contributed by atoms with E-state index in [9.17, 15) is 9.59 Å². The highest BCUT2D eigenvalue weighted by atomic mass is 16.2. The van der Waals surface area contributed by atoms with Gasteiger partial charge in [0.15, 0.2) is 0 Å². The molecular formula is C25H27N3O2. The standard InChI is InChI=1S/C25H27N3O2/c1-3-23(29)28-15-18-14-26(16-21(18)24(28)20-10-5-4-8-17(20)2)25(30)22-12-11-19-9-6-7-13-27(19)22/h4-13,18,21,24H,3,14-16H2,1-2H3/t18-,21-,24+/m0/s1. The molecule has 2 saturated heterocycles. The van der Waals surface area contributed by atoms with Crippen LogP contribution in [-0.4, -0.2) is 45.6 Å². The van der Waals surface area contributed by atoms with Gasteiger partial charge >= 0.3 is 0 Å². The van der Waals surface area contributed by atoms with Crippen molar-refractivity contribution in [2.75, 3.05) is 19.6 Å². The van der Waals surface area contributed by atoms with Crippen molar-refractivity contribution in [1.29, 1.82) is 0 Å². The van der Waals surface area contributed by atoms with Gasteiger partial charge < -0.3 is 14.2 Å². The van der Waals surface area contributed by atoms with Crippen LogP contribution in [0.1, 0.15) is 41.0 Å². The summed E-state index contributed by atoms with van der Waals surface area (Å²) in [5, 5.41) is 0. The van der Waals surface area contributed by atoms with Gasteiger partial charge in [-0.1, -0.05) is 37.3 Å². The number of carbonyl (C=O) groups is 2. The lowest BCUT2D eigenvalue weighted by Gasteiger charge is -2.30. The lowest BCUT2D eigenvalue weighted by molar-refractivity contribution is -0.132. The van der Waals surface area contributed by atoms with Crippen LogP contribution in [0.5, 0.6) is 0 Å². The van der Waals surface area contributed by atoms with Gasteiger partial charge in [0.25, 0.3) is 5.91 Å². The van der Waals surface area contributed by atoms with E-state index in [1.54, 1.807) is 0 Å². The van der Waals surface area contributed by atoms with Crippen molar-refractivity contribution < 1.29 is 9.59 Å². The lowest BCUT2D eigenvalue weighted by Crippen LogP contribution is -2.37. The second-order valence-corrected chi connectivity index (χ2v) is 8.55. The summed E-state index contributed by atoms with van der Waals surface area (Å²) in [6, 6.07) is 18.2. The number of rotatable bonds is 3. The molecule has 5 nitrogen and oxygen atoms in total. The number of hydrogen-bond donors (Lipinski definition) is 0. The molecule has 2 amide bonds. The van der Waals surface area contributed by atoms with Crippen molar-refractivity contribution in [3.8, 4) is 0 Å². The maximum absolute atomic E-state index is 13.4. The Balaban J connectivity index is 1.45. The number of aromatic nitrogens is 1. The Morgan fingerprint density at radius 3 is 2.57 bits per heavy atom. The third-order valence-corrected chi connectivity index (χ3v) is 6.86. The molecule has 2 fully saturated rings. The SMILES string of the molecule is CCC(=O)N1C[C@@H]2CN(C(=O)c3ccc4ccccn34)C[C@@H]2[C@H]1c1ccccc1C. The Labute approximate surface area is 176 Å². The zero-order chi connectivity index (χ0) is 20.8. The van der Waals surface area contributed by atoms with E-state index in [0.717, 1.165) is 12.1 Å². The predicted octanol–water partition coefficient (Wildman–Crippen LogP) is 3.93. The highest BCUT2D eigenvalue weighted by molar-refractivity contribution is 5.94. The van der Waals surface area contributed by atoms with Crippen LogP contribution in [0, 0.1) is 18.8 Å². The fraction of sp³-hybridized carbons (Fsp3) is 0.360. The Morgan fingerprint density at radius 1 is 0.967 bits per heavy atom. The van der Waals surface area contributed by atoms with Gasteiger partial charge in [-0.25, -0.2) is 0 Å². The molecule has 2 aliphatic heterocycles. The summed E-state index contributed by atoms with van der Waals surface area (Å²) in [7, 11) is 0. The molecule has 0 unspecified atom stereocenters. The number of pyridine rings is 1. The number of fused-ring (bicyclic) bond motifs is 2. The monoisotopic (exact) mass is 401 g/mol. The first kappa shape index (κ1) is 18.9. The number of nitrogens with zero attached hydrogens (tertiary/aromatic N) is 3. The number of benzene rings is 1. The summed E-state index contributed by atoms with van der Waals surface area (Å²) in [6.45, 7) is 6.17. The highest BCUT2D eigenvalue weighted by Gasteiger charge is 2.50. The summed E-state index contributed by atoms with van der Waals surface area (Å²) < 4.78 is 1.96. The van der Waals surface area contributed by atoms with Crippen LogP contribution in [0.2, 0.25) is 0 Å². The molecule has 4 heterocycles. The van der Waals surface area contributed by atoms with Crippen molar-refractivity contribution in [1.82, 2.24) is 14.2 Å². The first-order valence-corrected chi connectivity index (χ1v) is 10.8. The normalized spacial score (nSPS) is 23.2. The molecule has 3 aromatic rings. The van der Waals surface area contributed by atoms with Crippen LogP contribution in [0.3, 0.4) is 0 Å². The maximum Gasteiger partial charge on any atom is 0.270 e. The Bertz CT molecular complexity index is 1120. The number of aryl methyl sites for hydroxylation is 1. The summed E-state index contributed by atoms with van der Waals surface area (Å²) in [5.74, 6) is 0.873. The van der Waals surface area contributed by atoms with E-state index < -0.39 is 0 Å². The second-order valence-electron chi connectivity index (χ2n) is 8.55. The maximum atomic E-state index is 13.4. The van der Waals surface area contributed by atoms with Gasteiger partial charge in [-0.2, -0.15) is 0 Å². The molecule has 1 aromatic carbocycles. The number of carbonyl (C=O) groups excluding carboxylic acids is 2. The van der Waals surface area contributed by atoms with Gasteiger partial charge in [0.2, 0.25) is 5.91 Å². The van der Waals surface area contributed by atoms with Crippen LogP contribution in [0.4, 0.5) is 0 Å². The van der Waals surface area contributed by atoms with E-state index in [4.69, 9.17) is 0 Å². The predicted molar refractivity (Wildman–Crippen MR) is 116 cm³/mol. The molecule has 154 valence electrons. The van der Waals surface area contributed by atoms with E-state index in [1.165, 1.54) is 11.1 Å². The largest absolute Gasteiger partial charge is 0.337 e. The van der Waals surface area contributed by atoms with Crippen molar-refractivity contribution in [2.45, 2.75) is 26.3 Å². The number of hydrogen-bond acceptors (Lipinski definition) is 2. The average molecular weight is 402 g/mol. The molecule has 0 aliphatic carbocycles. The van der Waals surface area contributed by atoms with E-state index in [1.807, 2.05) is 58.8 Å². The summed E-state index contributed by atoms with van der Waals surface area (Å²) in [6.07, 6.45) is 2.46. The molecule has 0 bridgehead atoms. The van der Waals surface area contributed by atoms with Crippen LogP contribution < -0.4 is 0 Å². The minimum atomic E-state index is 0.0468. The third-order valence-electron chi connectivity index (χ3n) is 6.86. The molecule has 0 N–H and O–H groups in total. The van der Waals surface area contributed by atoms with Crippen LogP contribution >= 0.6 is 0 Å². The first-order chi connectivity index (χ1) is 14.6. The first-order valence-electron chi connectivity index (χ1n) is 10.8. The van der Waals surface area contributed by atoms with Crippen molar-refractivity contribution in [3.63, 3.8) is 0 Å². The summed E-state index contributed by atoms with van der Waals surface area (Å²) in [5.41, 5.74) is 4.16. The van der Waals surface area contributed by atoms with E-state index >= 15 is 0 Å². The van der Waals surface area contributed by atoms with Crippen molar-refractivity contribution in [2.24, 2.45) is 11.8 Å². The van der Waals surface area contributed by atoms with E-state index in [2.05, 4.69) is 30.0 Å². The molecule has 0 saturated carbocycles. The topological polar surface area (TPSA) is 45.0 Å². The van der Waals surface area contributed by atoms with Gasteiger partial charge in [-0.15, -0.1) is 0 Å². The van der Waals surface area contributed by atoms with Crippen molar-refractivity contribution in [3.05, 3.63) is 77.6 Å². The van der Waals surface area contributed by atoms with Gasteiger partial charge in [0.05, 0.1) is 6.04 Å². The zero-order valence-corrected chi connectivity index (χ0v) is 17.5. The minimum absolute atomic E-state index is 0.0468. The lowest BCUT2D eigenvalue weighted by atomic mass is 9.87. The molecule has 30 heavy (non-hydrogen) atoms. The minimum Gasteiger partial charge on any atom is -0.337 e. The van der Waals surface area contributed by atoms with Gasteiger partial charge in [0, 0.05) is 49.6 Å². The molecule has 5 rings (SSSR count). The van der Waals surface area contributed by atoms with Gasteiger partial charge in [0.1, 0.15) is 5.69 Å². The number of amides is 2. The van der Waals surface area contributed by atoms with Gasteiger partial charge in [-0.05, 0) is 42.3 Å². The van der Waals surface area contributed by atoms with Crippen LogP contribution in [0.15, 0.2) is 60.8 Å². The molecule has 0 spiro atoms. The summed E-state index contributed by atoms with van der Waals surface area (Å²) in [4.78, 5) is 30.1. The smallest absolute Gasteiger partial charge is 0.270 e. The highest BCUT2D eigenvalue weighted by Crippen LogP contribution is 2.46. The summed E-state index contributed by atoms with van der Waals surface area (Å²) >= 11 is 0. The molecular weight excluding hydrogens is 374 g/mol. The van der Waals surface area contributed by atoms with Crippen LogP contribution in [-0.2, 0) is 4.79 Å². The average Bonchev–Trinajstić information content (AvgIpc) is 3.45. The van der Waals surface area contributed by atoms with E-state index in [-0.39, 0.29) is 23.8 Å². The van der Waals surface area contributed by atoms with E-state index in [0.29, 0.717) is 31.1 Å². The molecule has 2 aliphatic rings. The van der Waals surface area contributed by atoms with Crippen molar-refractivity contribution >= 4 is 17.3 Å². The Hall–Kier alpha value is -3.08. The number of likely N-dealkylation sites (tertiary alicyclic amines) is 2. The third kappa shape index (κ3) is 2.92. The fourth-order valence-electron chi connectivity index (χ4n) is 5.38. The molecule has 0 radical (unpaired) electrons. The fourth-order valence-corrected chi connectivity index (χ4v) is 5.38. The zero-order valence-electron chi connectivity index (χ0n) is 17.5. The van der Waals surface area contributed by atoms with Gasteiger partial charge in [-0.3, -0.25) is 9.59 Å².